The third-order valence-corrected chi connectivity index (χ3v) is 7.95. The van der Waals surface area contributed by atoms with Crippen LogP contribution in [0, 0.1) is 5.92 Å². The summed E-state index contributed by atoms with van der Waals surface area (Å²) in [5, 5.41) is 11.3. The van der Waals surface area contributed by atoms with Gasteiger partial charge in [-0.2, -0.15) is 0 Å². The maximum Gasteiger partial charge on any atom is 0.234 e. The molecule has 2 aromatic carbocycles. The van der Waals surface area contributed by atoms with Gasteiger partial charge >= 0.3 is 0 Å². The monoisotopic (exact) mass is 466 g/mol. The minimum absolute atomic E-state index is 0.0568. The molecule has 0 aliphatic heterocycles. The molecule has 3 nitrogen and oxygen atoms in total. The van der Waals surface area contributed by atoms with Gasteiger partial charge in [0.05, 0.1) is 6.16 Å². The Morgan fingerprint density at radius 1 is 1.15 bits per heavy atom. The predicted molar refractivity (Wildman–Crippen MR) is 140 cm³/mol. The van der Waals surface area contributed by atoms with Crippen molar-refractivity contribution >= 4 is 8.38 Å². The van der Waals surface area contributed by atoms with Crippen LogP contribution in [0.2, 0.25) is 0 Å². The Labute approximate surface area is 201 Å². The molecule has 0 bridgehead atoms. The van der Waals surface area contributed by atoms with E-state index in [4.69, 9.17) is 9.05 Å². The summed E-state index contributed by atoms with van der Waals surface area (Å²) in [7, 11) is 0.525. The SMILES string of the molecule is C=C(C)C1CCC(C)=CC1c1c(O)cc(CCCCC)cc1OP(Cc1ccccc1)OC. The number of hydrogen-bond acceptors (Lipinski definition) is 3. The highest BCUT2D eigenvalue weighted by Crippen LogP contribution is 2.51. The topological polar surface area (TPSA) is 38.7 Å². The first-order valence-corrected chi connectivity index (χ1v) is 13.5. The molecule has 0 spiro atoms. The second-order valence-electron chi connectivity index (χ2n) is 9.26. The number of rotatable bonds is 11. The quantitative estimate of drug-likeness (QED) is 0.204. The van der Waals surface area contributed by atoms with E-state index in [0.717, 1.165) is 48.1 Å². The van der Waals surface area contributed by atoms with Gasteiger partial charge < -0.3 is 14.2 Å². The molecule has 0 saturated heterocycles. The lowest BCUT2D eigenvalue weighted by Crippen LogP contribution is -2.18. The molecular weight excluding hydrogens is 427 g/mol. The van der Waals surface area contributed by atoms with Gasteiger partial charge in [0.25, 0.3) is 0 Å². The number of allylic oxidation sites excluding steroid dienone is 3. The molecule has 1 N–H and O–H groups in total. The first-order chi connectivity index (χ1) is 15.9. The van der Waals surface area contributed by atoms with Gasteiger partial charge in [0, 0.05) is 18.6 Å². The van der Waals surface area contributed by atoms with Crippen LogP contribution in [-0.4, -0.2) is 12.2 Å². The predicted octanol–water partition coefficient (Wildman–Crippen LogP) is 8.68. The molecule has 3 rings (SSSR count). The molecule has 0 radical (unpaired) electrons. The van der Waals surface area contributed by atoms with Crippen LogP contribution in [0.4, 0.5) is 0 Å². The van der Waals surface area contributed by atoms with Crippen molar-refractivity contribution in [2.45, 2.75) is 71.4 Å². The largest absolute Gasteiger partial charge is 0.507 e. The number of unbranched alkanes of at least 4 members (excludes halogenated alkanes) is 2. The summed E-state index contributed by atoms with van der Waals surface area (Å²) in [6.07, 6.45) is 9.51. The van der Waals surface area contributed by atoms with Gasteiger partial charge in [-0.15, -0.1) is 0 Å². The van der Waals surface area contributed by atoms with Crippen molar-refractivity contribution in [3.8, 4) is 11.5 Å². The van der Waals surface area contributed by atoms with E-state index in [9.17, 15) is 5.11 Å². The molecule has 33 heavy (non-hydrogen) atoms. The number of aryl methyl sites for hydroxylation is 1. The maximum absolute atomic E-state index is 11.3. The zero-order chi connectivity index (χ0) is 23.8. The zero-order valence-corrected chi connectivity index (χ0v) is 21.5. The molecule has 4 heteroatoms. The standard InChI is InChI=1S/C29H39O3P/c1-6-7-9-14-24-18-27(30)29(26-17-22(4)15-16-25(26)21(2)3)28(19-24)32-33(31-5)20-23-12-10-8-11-13-23/h8,10-13,17-19,25-26,30H,2,6-7,9,14-16,20H2,1,3-5H3. The van der Waals surface area contributed by atoms with E-state index in [0.29, 0.717) is 11.9 Å². The van der Waals surface area contributed by atoms with E-state index in [1.165, 1.54) is 24.0 Å². The fourth-order valence-electron chi connectivity index (χ4n) is 4.68. The van der Waals surface area contributed by atoms with E-state index in [1.54, 1.807) is 7.11 Å². The molecule has 0 heterocycles. The van der Waals surface area contributed by atoms with Crippen molar-refractivity contribution in [2.75, 3.05) is 7.11 Å². The average Bonchev–Trinajstić information content (AvgIpc) is 2.79. The van der Waals surface area contributed by atoms with Crippen LogP contribution in [0.5, 0.6) is 11.5 Å². The van der Waals surface area contributed by atoms with Gasteiger partial charge in [-0.3, -0.25) is 0 Å². The average molecular weight is 467 g/mol. The van der Waals surface area contributed by atoms with Crippen LogP contribution >= 0.6 is 8.38 Å². The molecule has 1 aliphatic rings. The summed E-state index contributed by atoms with van der Waals surface area (Å²) in [6.45, 7) is 10.7. The number of hydrogen-bond donors (Lipinski definition) is 1. The number of phenols is 1. The minimum Gasteiger partial charge on any atom is -0.507 e. The Morgan fingerprint density at radius 3 is 2.58 bits per heavy atom. The van der Waals surface area contributed by atoms with Crippen molar-refractivity contribution < 1.29 is 14.2 Å². The van der Waals surface area contributed by atoms with Crippen LogP contribution in [0.3, 0.4) is 0 Å². The summed E-state index contributed by atoms with van der Waals surface area (Å²) < 4.78 is 12.4. The lowest BCUT2D eigenvalue weighted by atomic mass is 9.73. The van der Waals surface area contributed by atoms with Gasteiger partial charge in [-0.1, -0.05) is 73.9 Å². The highest BCUT2D eigenvalue weighted by molar-refractivity contribution is 7.46. The molecule has 0 fully saturated rings. The normalized spacial score (nSPS) is 19.1. The van der Waals surface area contributed by atoms with Crippen molar-refractivity contribution in [2.24, 2.45) is 5.92 Å². The molecule has 2 aromatic rings. The van der Waals surface area contributed by atoms with Crippen LogP contribution in [-0.2, 0) is 17.1 Å². The Morgan fingerprint density at radius 2 is 1.91 bits per heavy atom. The third kappa shape index (κ3) is 6.95. The lowest BCUT2D eigenvalue weighted by Gasteiger charge is -2.32. The zero-order valence-electron chi connectivity index (χ0n) is 20.6. The number of aromatic hydroxyl groups is 1. The Balaban J connectivity index is 2.00. The van der Waals surface area contributed by atoms with E-state index in [-0.39, 0.29) is 11.8 Å². The van der Waals surface area contributed by atoms with E-state index >= 15 is 0 Å². The van der Waals surface area contributed by atoms with Crippen LogP contribution in [0.25, 0.3) is 0 Å². The summed E-state index contributed by atoms with van der Waals surface area (Å²) in [5.41, 5.74) is 5.68. The summed E-state index contributed by atoms with van der Waals surface area (Å²) in [6, 6.07) is 14.4. The summed E-state index contributed by atoms with van der Waals surface area (Å²) in [5.74, 6) is 1.43. The first kappa shape index (κ1) is 25.5. The smallest absolute Gasteiger partial charge is 0.234 e. The summed E-state index contributed by atoms with van der Waals surface area (Å²) >= 11 is 0. The van der Waals surface area contributed by atoms with Crippen LogP contribution < -0.4 is 4.52 Å². The number of benzene rings is 2. The van der Waals surface area contributed by atoms with Gasteiger partial charge in [0.15, 0.2) is 0 Å². The fourth-order valence-corrected chi connectivity index (χ4v) is 5.83. The second kappa shape index (κ2) is 12.4. The lowest BCUT2D eigenvalue weighted by molar-refractivity contribution is 0.383. The van der Waals surface area contributed by atoms with E-state index in [2.05, 4.69) is 51.6 Å². The molecule has 0 aromatic heterocycles. The molecular formula is C29H39O3P. The van der Waals surface area contributed by atoms with Crippen molar-refractivity contribution in [3.63, 3.8) is 0 Å². The Hall–Kier alpha value is -2.09. The van der Waals surface area contributed by atoms with E-state index in [1.807, 2.05) is 24.3 Å². The van der Waals surface area contributed by atoms with Gasteiger partial charge in [-0.25, -0.2) is 0 Å². The van der Waals surface area contributed by atoms with Crippen LogP contribution in [0.1, 0.15) is 75.5 Å². The molecule has 0 amide bonds. The van der Waals surface area contributed by atoms with Gasteiger partial charge in [0.1, 0.15) is 11.5 Å². The maximum atomic E-state index is 11.3. The van der Waals surface area contributed by atoms with Crippen molar-refractivity contribution in [3.05, 3.63) is 83.0 Å². The van der Waals surface area contributed by atoms with Gasteiger partial charge in [-0.05, 0) is 68.7 Å². The highest BCUT2D eigenvalue weighted by atomic mass is 31.2. The second-order valence-corrected chi connectivity index (χ2v) is 10.8. The van der Waals surface area contributed by atoms with Crippen molar-refractivity contribution in [1.29, 1.82) is 0 Å². The third-order valence-electron chi connectivity index (χ3n) is 6.52. The Bertz CT molecular complexity index is 951. The Kier molecular flexibility index (Phi) is 9.59. The van der Waals surface area contributed by atoms with Crippen molar-refractivity contribution in [1.82, 2.24) is 0 Å². The molecule has 1 aliphatic carbocycles. The highest BCUT2D eigenvalue weighted by Gasteiger charge is 2.31. The molecule has 3 atom stereocenters. The molecule has 0 saturated carbocycles. The first-order valence-electron chi connectivity index (χ1n) is 12.1. The van der Waals surface area contributed by atoms with E-state index < -0.39 is 8.38 Å². The summed E-state index contributed by atoms with van der Waals surface area (Å²) in [4.78, 5) is 0. The molecule has 178 valence electrons. The molecule has 3 unspecified atom stereocenters. The fraction of sp³-hybridized carbons (Fsp3) is 0.448. The van der Waals surface area contributed by atoms with Crippen LogP contribution in [0.15, 0.2) is 66.3 Å². The number of phenolic OH excluding ortho intramolecular Hbond substituents is 1. The minimum atomic E-state index is -1.18. The van der Waals surface area contributed by atoms with Gasteiger partial charge in [0.2, 0.25) is 8.38 Å².